The van der Waals surface area contributed by atoms with Crippen molar-refractivity contribution in [2.45, 2.75) is 5.91 Å². The van der Waals surface area contributed by atoms with Crippen LogP contribution in [-0.4, -0.2) is 33.7 Å². The molecule has 0 aromatic heterocycles. The molecule has 0 saturated carbocycles. The molecule has 0 amide bonds. The molecular formula is C4H11IO2Si. The van der Waals surface area contributed by atoms with Gasteiger partial charge >= 0.3 is 0 Å². The predicted octanol–water partition coefficient (Wildman–Crippen LogP) is 0.124. The van der Waals surface area contributed by atoms with Crippen LogP contribution in [0.25, 0.3) is 0 Å². The van der Waals surface area contributed by atoms with Gasteiger partial charge in [-0.25, -0.2) is 0 Å². The molecule has 4 heteroatoms. The van der Waals surface area contributed by atoms with Crippen LogP contribution in [0.4, 0.5) is 0 Å². The van der Waals surface area contributed by atoms with Crippen LogP contribution in [-0.2, 0) is 9.47 Å². The number of methoxy groups -OCH3 is 2. The molecule has 0 fully saturated rings. The fourth-order valence-electron chi connectivity index (χ4n) is 0.421. The third-order valence-corrected chi connectivity index (χ3v) is 4.10. The number of alkyl halides is 1. The summed E-state index contributed by atoms with van der Waals surface area (Å²) in [4.78, 5) is 0. The van der Waals surface area contributed by atoms with Crippen molar-refractivity contribution in [3.8, 4) is 0 Å². The Bertz CT molecular complexity index is 49.3. The molecule has 0 aliphatic rings. The largest absolute Gasteiger partial charge is 0.360 e. The van der Waals surface area contributed by atoms with Crippen LogP contribution in [0.15, 0.2) is 0 Å². The lowest BCUT2D eigenvalue weighted by atomic mass is 11.3. The van der Waals surface area contributed by atoms with Gasteiger partial charge in [-0.15, -0.1) is 0 Å². The van der Waals surface area contributed by atoms with Crippen LogP contribution in [0.5, 0.6) is 0 Å². The minimum atomic E-state index is -0.122. The maximum absolute atomic E-state index is 4.97. The average Bonchev–Trinajstić information content (AvgIpc) is 1.83. The Hall–Kier alpha value is 0.867. The van der Waals surface area contributed by atoms with E-state index in [1.807, 2.05) is 0 Å². The molecule has 2 nitrogen and oxygen atoms in total. The topological polar surface area (TPSA) is 18.5 Å². The smallest absolute Gasteiger partial charge is 0.134 e. The Morgan fingerprint density at radius 2 is 2.00 bits per heavy atom. The van der Waals surface area contributed by atoms with E-state index in [2.05, 4.69) is 22.6 Å². The second-order valence-corrected chi connectivity index (χ2v) is 6.24. The normalized spacial score (nSPS) is 12.0. The van der Waals surface area contributed by atoms with Gasteiger partial charge in [0, 0.05) is 14.2 Å². The summed E-state index contributed by atoms with van der Waals surface area (Å²) in [5, 5.41) is 0. The van der Waals surface area contributed by atoms with Crippen molar-refractivity contribution in [1.29, 1.82) is 0 Å². The molecule has 8 heavy (non-hydrogen) atoms. The second-order valence-electron chi connectivity index (χ2n) is 1.38. The minimum absolute atomic E-state index is 0.122. The third-order valence-electron chi connectivity index (χ3n) is 0.871. The van der Waals surface area contributed by atoms with Crippen LogP contribution >= 0.6 is 22.6 Å². The molecule has 0 rings (SSSR count). The zero-order valence-electron chi connectivity index (χ0n) is 5.19. The molecule has 0 spiro atoms. The van der Waals surface area contributed by atoms with Crippen LogP contribution < -0.4 is 0 Å². The first-order valence-corrected chi connectivity index (χ1v) is 5.81. The van der Waals surface area contributed by atoms with Crippen LogP contribution in [0.3, 0.4) is 0 Å². The molecule has 0 aromatic carbocycles. The Labute approximate surface area is 65.9 Å². The van der Waals surface area contributed by atoms with E-state index in [1.54, 1.807) is 14.2 Å². The number of ether oxygens (including phenoxy) is 2. The monoisotopic (exact) mass is 246 g/mol. The van der Waals surface area contributed by atoms with E-state index in [1.165, 1.54) is 4.05 Å². The molecule has 0 aliphatic carbocycles. The summed E-state index contributed by atoms with van der Waals surface area (Å²) in [5.41, 5.74) is 0. The van der Waals surface area contributed by atoms with Gasteiger partial charge in [-0.05, 0) is 4.05 Å². The van der Waals surface area contributed by atoms with Gasteiger partial charge in [0.2, 0.25) is 0 Å². The molecule has 0 unspecified atom stereocenters. The highest BCUT2D eigenvalue weighted by Gasteiger charge is 2.01. The maximum atomic E-state index is 4.97. The van der Waals surface area contributed by atoms with Gasteiger partial charge in [0.15, 0.2) is 0 Å². The molecule has 0 aliphatic heterocycles. The van der Waals surface area contributed by atoms with Gasteiger partial charge in [-0.1, -0.05) is 22.6 Å². The van der Waals surface area contributed by atoms with Crippen molar-refractivity contribution >= 4 is 32.1 Å². The summed E-state index contributed by atoms with van der Waals surface area (Å²) >= 11 is 2.35. The highest BCUT2D eigenvalue weighted by atomic mass is 127. The fourth-order valence-corrected chi connectivity index (χ4v) is 2.60. The van der Waals surface area contributed by atoms with E-state index in [0.717, 1.165) is 0 Å². The summed E-state index contributed by atoms with van der Waals surface area (Å²) in [7, 11) is 3.25. The maximum Gasteiger partial charge on any atom is 0.134 e. The van der Waals surface area contributed by atoms with Gasteiger partial charge in [-0.2, -0.15) is 0 Å². The number of halogens is 1. The second kappa shape index (κ2) is 5.99. The van der Waals surface area contributed by atoms with E-state index >= 15 is 0 Å². The number of hydrogen-bond donors (Lipinski definition) is 0. The molecule has 50 valence electrons. The van der Waals surface area contributed by atoms with Crippen molar-refractivity contribution in [1.82, 2.24) is 0 Å². The fraction of sp³-hybridized carbons (Fsp3) is 1.00. The summed E-state index contributed by atoms with van der Waals surface area (Å²) < 4.78 is 11.2. The van der Waals surface area contributed by atoms with E-state index in [-0.39, 0.29) is 15.4 Å². The quantitative estimate of drug-likeness (QED) is 0.304. The molecule has 0 heterocycles. The van der Waals surface area contributed by atoms with Crippen molar-refractivity contribution in [3.05, 3.63) is 0 Å². The van der Waals surface area contributed by atoms with Crippen molar-refractivity contribution < 1.29 is 9.47 Å². The Morgan fingerprint density at radius 3 is 2.12 bits per heavy atom. The first kappa shape index (κ1) is 8.87. The van der Waals surface area contributed by atoms with Gasteiger partial charge in [0.25, 0.3) is 0 Å². The molecule has 0 aromatic rings. The average molecular weight is 246 g/mol. The van der Waals surface area contributed by atoms with Crippen LogP contribution in [0.1, 0.15) is 0 Å². The highest BCUT2D eigenvalue weighted by molar-refractivity contribution is 14.1. The van der Waals surface area contributed by atoms with E-state index in [4.69, 9.17) is 9.47 Å². The molecular weight excluding hydrogens is 235 g/mol. The van der Waals surface area contributed by atoms with Crippen molar-refractivity contribution in [3.63, 3.8) is 0 Å². The Kier molecular flexibility index (Phi) is 6.64. The van der Waals surface area contributed by atoms with Crippen LogP contribution in [0.2, 0.25) is 0 Å². The summed E-state index contributed by atoms with van der Waals surface area (Å²) in [6, 6.07) is 0. The van der Waals surface area contributed by atoms with E-state index < -0.39 is 0 Å². The zero-order chi connectivity index (χ0) is 6.41. The first-order valence-electron chi connectivity index (χ1n) is 2.46. The first-order chi connectivity index (χ1) is 3.85. The lowest BCUT2D eigenvalue weighted by Gasteiger charge is -2.09. The van der Waals surface area contributed by atoms with Crippen molar-refractivity contribution in [2.24, 2.45) is 0 Å². The lowest BCUT2D eigenvalue weighted by molar-refractivity contribution is -0.0435. The number of hydrogen-bond acceptors (Lipinski definition) is 2. The zero-order valence-corrected chi connectivity index (χ0v) is 8.76. The standard InChI is InChI=1S/C4H11IO2Si/c1-6-4(7-2)8-3-5/h4H,3,8H2,1-2H3. The summed E-state index contributed by atoms with van der Waals surface area (Å²) in [6.45, 7) is 0. The Balaban J connectivity index is 3.07. The van der Waals surface area contributed by atoms with Gasteiger partial charge < -0.3 is 9.47 Å². The molecule has 0 atom stereocenters. The minimum Gasteiger partial charge on any atom is -0.360 e. The predicted molar refractivity (Wildman–Crippen MR) is 45.2 cm³/mol. The van der Waals surface area contributed by atoms with Gasteiger partial charge in [-0.3, -0.25) is 0 Å². The summed E-state index contributed by atoms with van der Waals surface area (Å²) in [6.07, 6.45) is 0. The number of rotatable bonds is 4. The third kappa shape index (κ3) is 3.82. The van der Waals surface area contributed by atoms with Crippen molar-refractivity contribution in [2.75, 3.05) is 18.3 Å². The Morgan fingerprint density at radius 1 is 1.50 bits per heavy atom. The van der Waals surface area contributed by atoms with Gasteiger partial charge in [0.05, 0.1) is 9.52 Å². The lowest BCUT2D eigenvalue weighted by Crippen LogP contribution is -2.22. The van der Waals surface area contributed by atoms with Crippen LogP contribution in [0, 0.1) is 0 Å². The molecule has 0 saturated heterocycles. The SMILES string of the molecule is COC(OC)[SiH2]CI. The van der Waals surface area contributed by atoms with E-state index in [9.17, 15) is 0 Å². The summed E-state index contributed by atoms with van der Waals surface area (Å²) in [5.74, 6) is 0.131. The van der Waals surface area contributed by atoms with Gasteiger partial charge in [0.1, 0.15) is 5.91 Å². The van der Waals surface area contributed by atoms with E-state index in [0.29, 0.717) is 0 Å². The highest BCUT2D eigenvalue weighted by Crippen LogP contribution is 1.89. The molecule has 0 radical (unpaired) electrons. The molecule has 0 bridgehead atoms. The molecule has 0 N–H and O–H groups in total.